The monoisotopic (exact) mass is 277 g/mol. The molecule has 0 N–H and O–H groups in total. The van der Waals surface area contributed by atoms with Crippen LogP contribution in [0, 0.1) is 0 Å². The normalized spacial score (nSPS) is 20.5. The Kier molecular flexibility index (Phi) is 3.95. The third-order valence-electron chi connectivity index (χ3n) is 3.01. The molecule has 94 valence electrons. The number of likely N-dealkylation sites (tertiary alicyclic amines) is 1. The Morgan fingerprint density at radius 2 is 1.94 bits per heavy atom. The Morgan fingerprint density at radius 1 is 1.29 bits per heavy atom. The van der Waals surface area contributed by atoms with Crippen molar-refractivity contribution in [1.29, 1.82) is 0 Å². The summed E-state index contributed by atoms with van der Waals surface area (Å²) in [6.07, 6.45) is -0.129. The van der Waals surface area contributed by atoms with Gasteiger partial charge in [-0.1, -0.05) is 11.6 Å². The molecule has 0 atom stereocenters. The van der Waals surface area contributed by atoms with E-state index < -0.39 is 5.92 Å². The first-order chi connectivity index (χ1) is 7.96. The molecule has 2 rings (SSSR count). The lowest BCUT2D eigenvalue weighted by molar-refractivity contribution is -0.0566. The smallest absolute Gasteiger partial charge is 0.250 e. The van der Waals surface area contributed by atoms with Gasteiger partial charge in [0.1, 0.15) is 0 Å². The van der Waals surface area contributed by atoms with E-state index in [1.165, 1.54) is 0 Å². The summed E-state index contributed by atoms with van der Waals surface area (Å²) < 4.78 is 26.0. The minimum absolute atomic E-state index is 0.0643. The van der Waals surface area contributed by atoms with E-state index in [2.05, 4.69) is 12.6 Å². The average molecular weight is 278 g/mol. The first-order valence-corrected chi connectivity index (χ1v) is 6.36. The van der Waals surface area contributed by atoms with E-state index in [0.717, 1.165) is 10.5 Å². The maximum Gasteiger partial charge on any atom is 0.250 e. The zero-order chi connectivity index (χ0) is 12.5. The Hall–Kier alpha value is -0.320. The quantitative estimate of drug-likeness (QED) is 0.804. The van der Waals surface area contributed by atoms with Crippen molar-refractivity contribution in [2.75, 3.05) is 13.1 Å². The fourth-order valence-corrected chi connectivity index (χ4v) is 2.37. The molecule has 17 heavy (non-hydrogen) atoms. The first kappa shape index (κ1) is 13.1. The molecule has 1 aromatic rings. The standard InChI is InChI=1S/C12H14ClF2NS/c13-11-2-1-10(17)7-9(11)8-16-5-3-12(14,15)4-6-16/h1-2,7,17H,3-6,8H2. The zero-order valence-corrected chi connectivity index (χ0v) is 10.9. The van der Waals surface area contributed by atoms with Gasteiger partial charge in [-0.3, -0.25) is 4.90 Å². The van der Waals surface area contributed by atoms with Gasteiger partial charge in [-0.05, 0) is 23.8 Å². The summed E-state index contributed by atoms with van der Waals surface area (Å²) in [7, 11) is 0. The van der Waals surface area contributed by atoms with Crippen LogP contribution in [0.5, 0.6) is 0 Å². The van der Waals surface area contributed by atoms with Gasteiger partial charge in [0.25, 0.3) is 5.92 Å². The lowest BCUT2D eigenvalue weighted by Gasteiger charge is -2.31. The van der Waals surface area contributed by atoms with Crippen LogP contribution >= 0.6 is 24.2 Å². The van der Waals surface area contributed by atoms with Crippen molar-refractivity contribution in [2.45, 2.75) is 30.2 Å². The molecular weight excluding hydrogens is 264 g/mol. The van der Waals surface area contributed by atoms with E-state index in [4.69, 9.17) is 11.6 Å². The summed E-state index contributed by atoms with van der Waals surface area (Å²) in [6.45, 7) is 1.45. The molecule has 0 radical (unpaired) electrons. The van der Waals surface area contributed by atoms with Crippen molar-refractivity contribution in [3.63, 3.8) is 0 Å². The van der Waals surface area contributed by atoms with Crippen LogP contribution in [0.3, 0.4) is 0 Å². The number of piperidine rings is 1. The zero-order valence-electron chi connectivity index (χ0n) is 9.30. The molecule has 1 nitrogen and oxygen atoms in total. The molecule has 1 fully saturated rings. The van der Waals surface area contributed by atoms with Gasteiger partial charge in [-0.15, -0.1) is 12.6 Å². The van der Waals surface area contributed by atoms with Crippen LogP contribution in [-0.4, -0.2) is 23.9 Å². The summed E-state index contributed by atoms with van der Waals surface area (Å²) in [5.74, 6) is -2.49. The lowest BCUT2D eigenvalue weighted by Crippen LogP contribution is -2.38. The van der Waals surface area contributed by atoms with Gasteiger partial charge in [-0.2, -0.15) is 0 Å². The topological polar surface area (TPSA) is 3.24 Å². The second-order valence-electron chi connectivity index (χ2n) is 4.41. The first-order valence-electron chi connectivity index (χ1n) is 5.54. The number of nitrogens with zero attached hydrogens (tertiary/aromatic N) is 1. The van der Waals surface area contributed by atoms with Crippen molar-refractivity contribution in [3.05, 3.63) is 28.8 Å². The Bertz CT molecular complexity index is 401. The highest BCUT2D eigenvalue weighted by Gasteiger charge is 2.33. The minimum atomic E-state index is -2.49. The van der Waals surface area contributed by atoms with Crippen LogP contribution in [0.4, 0.5) is 8.78 Å². The van der Waals surface area contributed by atoms with Gasteiger partial charge in [-0.25, -0.2) is 8.78 Å². The molecule has 1 aliphatic heterocycles. The summed E-state index contributed by atoms with van der Waals surface area (Å²) in [5, 5.41) is 0.667. The second-order valence-corrected chi connectivity index (χ2v) is 5.33. The summed E-state index contributed by atoms with van der Waals surface area (Å²) >= 11 is 10.3. The van der Waals surface area contributed by atoms with E-state index in [1.807, 2.05) is 17.0 Å². The van der Waals surface area contributed by atoms with Gasteiger partial charge in [0.2, 0.25) is 0 Å². The van der Waals surface area contributed by atoms with Crippen LogP contribution < -0.4 is 0 Å². The molecule has 0 amide bonds. The van der Waals surface area contributed by atoms with Crippen molar-refractivity contribution < 1.29 is 8.78 Å². The highest BCUT2D eigenvalue weighted by atomic mass is 35.5. The number of hydrogen-bond donors (Lipinski definition) is 1. The molecule has 5 heteroatoms. The number of rotatable bonds is 2. The molecule has 1 aliphatic rings. The van der Waals surface area contributed by atoms with Crippen molar-refractivity contribution in [3.8, 4) is 0 Å². The molecule has 0 aromatic heterocycles. The number of alkyl halides is 2. The van der Waals surface area contributed by atoms with Gasteiger partial charge in [0.05, 0.1) is 0 Å². The number of halogens is 3. The Balaban J connectivity index is 2.00. The number of thiol groups is 1. The van der Waals surface area contributed by atoms with E-state index >= 15 is 0 Å². The minimum Gasteiger partial charge on any atom is -0.299 e. The summed E-state index contributed by atoms with van der Waals surface area (Å²) in [5.41, 5.74) is 0.949. The van der Waals surface area contributed by atoms with Crippen molar-refractivity contribution >= 4 is 24.2 Å². The highest BCUT2D eigenvalue weighted by molar-refractivity contribution is 7.80. The van der Waals surface area contributed by atoms with Crippen molar-refractivity contribution in [2.24, 2.45) is 0 Å². The van der Waals surface area contributed by atoms with Crippen LogP contribution in [0.2, 0.25) is 5.02 Å². The van der Waals surface area contributed by atoms with Gasteiger partial charge >= 0.3 is 0 Å². The van der Waals surface area contributed by atoms with E-state index in [0.29, 0.717) is 24.7 Å². The van der Waals surface area contributed by atoms with Gasteiger partial charge < -0.3 is 0 Å². The predicted octanol–water partition coefficient (Wildman–Crippen LogP) is 3.86. The highest BCUT2D eigenvalue weighted by Crippen LogP contribution is 2.29. The predicted molar refractivity (Wildman–Crippen MR) is 68.2 cm³/mol. The fourth-order valence-electron chi connectivity index (χ4n) is 1.96. The SMILES string of the molecule is FC1(F)CCN(Cc2cc(S)ccc2Cl)CC1. The molecule has 1 heterocycles. The van der Waals surface area contributed by atoms with Crippen LogP contribution in [0.1, 0.15) is 18.4 Å². The second kappa shape index (κ2) is 5.12. The summed E-state index contributed by atoms with van der Waals surface area (Å²) in [6, 6.07) is 5.50. The van der Waals surface area contributed by atoms with E-state index in [1.54, 1.807) is 6.07 Å². The maximum absolute atomic E-state index is 13.0. The Morgan fingerprint density at radius 3 is 2.59 bits per heavy atom. The molecule has 0 aliphatic carbocycles. The third kappa shape index (κ3) is 3.57. The molecule has 0 saturated carbocycles. The third-order valence-corrected chi connectivity index (χ3v) is 3.66. The molecule has 0 spiro atoms. The van der Waals surface area contributed by atoms with Gasteiger partial charge in [0.15, 0.2) is 0 Å². The van der Waals surface area contributed by atoms with Crippen LogP contribution in [0.15, 0.2) is 23.1 Å². The maximum atomic E-state index is 13.0. The van der Waals surface area contributed by atoms with Crippen LogP contribution in [0.25, 0.3) is 0 Å². The molecule has 1 saturated heterocycles. The van der Waals surface area contributed by atoms with Crippen LogP contribution in [-0.2, 0) is 6.54 Å². The average Bonchev–Trinajstić information content (AvgIpc) is 2.26. The largest absolute Gasteiger partial charge is 0.299 e. The summed E-state index contributed by atoms with van der Waals surface area (Å²) in [4.78, 5) is 2.85. The molecule has 1 aromatic carbocycles. The number of hydrogen-bond acceptors (Lipinski definition) is 2. The molecular formula is C12H14ClF2NS. The molecule has 0 bridgehead atoms. The van der Waals surface area contributed by atoms with E-state index in [-0.39, 0.29) is 12.8 Å². The fraction of sp³-hybridized carbons (Fsp3) is 0.500. The van der Waals surface area contributed by atoms with E-state index in [9.17, 15) is 8.78 Å². The van der Waals surface area contributed by atoms with Gasteiger partial charge in [0, 0.05) is 42.4 Å². The number of benzene rings is 1. The Labute approximate surface area is 110 Å². The van der Waals surface area contributed by atoms with Crippen molar-refractivity contribution in [1.82, 2.24) is 4.90 Å². The molecule has 0 unspecified atom stereocenters. The lowest BCUT2D eigenvalue weighted by atomic mass is 10.1.